The number of esters is 1. The van der Waals surface area contributed by atoms with Gasteiger partial charge in [-0.05, 0) is 27.2 Å². The normalized spacial score (nSPS) is 19.8. The van der Waals surface area contributed by atoms with E-state index in [4.69, 9.17) is 4.74 Å². The number of likely N-dealkylation sites (tertiary alicyclic amines) is 1. The molecule has 0 unspecified atom stereocenters. The molecule has 0 atom stereocenters. The summed E-state index contributed by atoms with van der Waals surface area (Å²) >= 11 is 0. The van der Waals surface area contributed by atoms with Crippen LogP contribution in [-0.4, -0.2) is 35.0 Å². The van der Waals surface area contributed by atoms with Crippen molar-refractivity contribution in [3.63, 3.8) is 0 Å². The second kappa shape index (κ2) is 5.20. The van der Waals surface area contributed by atoms with Gasteiger partial charge in [0.05, 0.1) is 6.42 Å². The molecule has 0 N–H and O–H groups in total. The highest BCUT2D eigenvalue weighted by Crippen LogP contribution is 2.31. The lowest BCUT2D eigenvalue weighted by molar-refractivity contribution is -0.188. The van der Waals surface area contributed by atoms with Gasteiger partial charge in [-0.15, -0.1) is 0 Å². The summed E-state index contributed by atoms with van der Waals surface area (Å²) < 4.78 is 31.9. The predicted octanol–water partition coefficient (Wildman–Crippen LogP) is 2.32. The van der Waals surface area contributed by atoms with Gasteiger partial charge < -0.3 is 4.74 Å². The number of amides is 1. The first-order chi connectivity index (χ1) is 8.12. The summed E-state index contributed by atoms with van der Waals surface area (Å²) in [4.78, 5) is 23.3. The largest absolute Gasteiger partial charge is 0.460 e. The number of nitrogens with zero attached hydrogens (tertiary/aromatic N) is 1. The minimum Gasteiger partial charge on any atom is -0.460 e. The molecule has 0 aromatic carbocycles. The number of hydrogen-bond acceptors (Lipinski definition) is 3. The first-order valence-corrected chi connectivity index (χ1v) is 6.02. The Morgan fingerprint density at radius 1 is 1.44 bits per heavy atom. The van der Waals surface area contributed by atoms with Crippen molar-refractivity contribution in [3.05, 3.63) is 0 Å². The summed E-state index contributed by atoms with van der Waals surface area (Å²) in [6, 6.07) is -3.14. The average Bonchev–Trinajstić information content (AvgIpc) is 2.12. The van der Waals surface area contributed by atoms with Gasteiger partial charge >= 0.3 is 12.0 Å². The molecule has 0 spiro atoms. The molecule has 1 saturated heterocycles. The van der Waals surface area contributed by atoms with Gasteiger partial charge in [-0.1, -0.05) is 0 Å². The van der Waals surface area contributed by atoms with E-state index in [1.54, 1.807) is 20.8 Å². The van der Waals surface area contributed by atoms with E-state index < -0.39 is 23.5 Å². The summed E-state index contributed by atoms with van der Waals surface area (Å²) in [7, 11) is 0. The zero-order chi connectivity index (χ0) is 14.0. The molecule has 1 aliphatic heterocycles. The first-order valence-electron chi connectivity index (χ1n) is 6.02. The monoisotopic (exact) mass is 263 g/mol. The lowest BCUT2D eigenvalue weighted by atomic mass is 10.1. The number of rotatable bonds is 3. The molecule has 4 nitrogen and oxygen atoms in total. The quantitative estimate of drug-likeness (QED) is 0.580. The third-order valence-corrected chi connectivity index (χ3v) is 2.52. The summed E-state index contributed by atoms with van der Waals surface area (Å²) in [5.74, 6) is -1.17. The molecule has 0 radical (unpaired) electrons. The highest BCUT2D eigenvalue weighted by molar-refractivity contribution is 5.78. The average molecular weight is 263 g/mol. The fraction of sp³-hybridized carbons (Fsp3) is 0.833. The Morgan fingerprint density at radius 3 is 2.56 bits per heavy atom. The highest BCUT2D eigenvalue weighted by atomic mass is 19.3. The molecule has 18 heavy (non-hydrogen) atoms. The van der Waals surface area contributed by atoms with Crippen LogP contribution in [0, 0.1) is 0 Å². The highest BCUT2D eigenvalue weighted by Gasteiger charge is 2.43. The Labute approximate surface area is 105 Å². The number of ether oxygens (including phenoxy) is 1. The second-order valence-electron chi connectivity index (χ2n) is 5.40. The molecule has 0 aromatic heterocycles. The summed E-state index contributed by atoms with van der Waals surface area (Å²) in [6.45, 7) is 4.81. The van der Waals surface area contributed by atoms with Gasteiger partial charge in [0.25, 0.3) is 0 Å². The van der Waals surface area contributed by atoms with Crippen LogP contribution in [0.2, 0.25) is 0 Å². The molecule has 6 heteroatoms. The number of halogens is 2. The Balaban J connectivity index is 2.51. The van der Waals surface area contributed by atoms with E-state index in [0.717, 1.165) is 0 Å². The SMILES string of the molecule is CC(C)(C)OC(=O)CCN1C(=O)CCCC1(F)F. The van der Waals surface area contributed by atoms with Crippen LogP contribution in [0.15, 0.2) is 0 Å². The van der Waals surface area contributed by atoms with Gasteiger partial charge in [-0.3, -0.25) is 14.5 Å². The third-order valence-electron chi connectivity index (χ3n) is 2.52. The van der Waals surface area contributed by atoms with E-state index in [0.29, 0.717) is 4.90 Å². The van der Waals surface area contributed by atoms with Gasteiger partial charge in [0.2, 0.25) is 5.91 Å². The van der Waals surface area contributed by atoms with Gasteiger partial charge in [0.1, 0.15) is 5.60 Å². The zero-order valence-electron chi connectivity index (χ0n) is 11.0. The summed E-state index contributed by atoms with van der Waals surface area (Å²) in [5, 5.41) is 0. The number of carbonyl (C=O) groups is 2. The molecular weight excluding hydrogens is 244 g/mol. The van der Waals surface area contributed by atoms with Gasteiger partial charge in [0, 0.05) is 19.4 Å². The van der Waals surface area contributed by atoms with Crippen molar-refractivity contribution in [2.45, 2.75) is 58.1 Å². The number of alkyl halides is 2. The second-order valence-corrected chi connectivity index (χ2v) is 5.40. The fourth-order valence-corrected chi connectivity index (χ4v) is 1.79. The van der Waals surface area contributed by atoms with Crippen molar-refractivity contribution in [2.75, 3.05) is 6.54 Å². The number of carbonyl (C=O) groups excluding carboxylic acids is 2. The van der Waals surface area contributed by atoms with Crippen molar-refractivity contribution in [1.82, 2.24) is 4.90 Å². The fourth-order valence-electron chi connectivity index (χ4n) is 1.79. The first kappa shape index (κ1) is 14.9. The van der Waals surface area contributed by atoms with Crippen molar-refractivity contribution in [2.24, 2.45) is 0 Å². The van der Waals surface area contributed by atoms with Crippen molar-refractivity contribution >= 4 is 11.9 Å². The molecule has 0 bridgehead atoms. The Morgan fingerprint density at radius 2 is 2.06 bits per heavy atom. The molecule has 0 aromatic rings. The Kier molecular flexibility index (Phi) is 4.29. The predicted molar refractivity (Wildman–Crippen MR) is 61.0 cm³/mol. The van der Waals surface area contributed by atoms with E-state index in [1.807, 2.05) is 0 Å². The van der Waals surface area contributed by atoms with Crippen LogP contribution in [0.1, 0.15) is 46.5 Å². The molecule has 1 amide bonds. The Hall–Kier alpha value is -1.20. The summed E-state index contributed by atoms with van der Waals surface area (Å²) in [5.41, 5.74) is -0.647. The van der Waals surface area contributed by atoms with E-state index in [1.165, 1.54) is 0 Å². The van der Waals surface area contributed by atoms with Crippen molar-refractivity contribution in [1.29, 1.82) is 0 Å². The van der Waals surface area contributed by atoms with Crippen LogP contribution < -0.4 is 0 Å². The Bertz CT molecular complexity index is 337. The topological polar surface area (TPSA) is 46.6 Å². The molecule has 1 fully saturated rings. The smallest absolute Gasteiger partial charge is 0.327 e. The van der Waals surface area contributed by atoms with Crippen LogP contribution in [0.4, 0.5) is 8.78 Å². The standard InChI is InChI=1S/C12H19F2NO3/c1-11(2,3)18-10(17)6-8-15-9(16)5-4-7-12(15,13)14/h4-8H2,1-3H3. The summed E-state index contributed by atoms with van der Waals surface area (Å²) in [6.07, 6.45) is -0.246. The van der Waals surface area contributed by atoms with E-state index >= 15 is 0 Å². The van der Waals surface area contributed by atoms with Crippen LogP contribution in [-0.2, 0) is 14.3 Å². The van der Waals surface area contributed by atoms with E-state index in [-0.39, 0.29) is 32.2 Å². The van der Waals surface area contributed by atoms with Crippen LogP contribution in [0.3, 0.4) is 0 Å². The van der Waals surface area contributed by atoms with Crippen LogP contribution >= 0.6 is 0 Å². The maximum absolute atomic E-state index is 13.5. The third kappa shape index (κ3) is 4.23. The van der Waals surface area contributed by atoms with Crippen molar-refractivity contribution < 1.29 is 23.1 Å². The molecule has 1 rings (SSSR count). The van der Waals surface area contributed by atoms with Crippen LogP contribution in [0.5, 0.6) is 0 Å². The molecule has 104 valence electrons. The number of hydrogen-bond donors (Lipinski definition) is 0. The zero-order valence-corrected chi connectivity index (χ0v) is 11.0. The number of piperidine rings is 1. The molecule has 1 aliphatic rings. The lowest BCUT2D eigenvalue weighted by Crippen LogP contribution is -2.49. The van der Waals surface area contributed by atoms with Gasteiger partial charge in [0.15, 0.2) is 0 Å². The van der Waals surface area contributed by atoms with Gasteiger partial charge in [-0.2, -0.15) is 8.78 Å². The minimum atomic E-state index is -3.14. The molecule has 0 saturated carbocycles. The maximum atomic E-state index is 13.5. The molecular formula is C12H19F2NO3. The van der Waals surface area contributed by atoms with Crippen molar-refractivity contribution in [3.8, 4) is 0 Å². The van der Waals surface area contributed by atoms with Gasteiger partial charge in [-0.25, -0.2) is 0 Å². The molecule has 1 heterocycles. The van der Waals surface area contributed by atoms with E-state index in [2.05, 4.69) is 0 Å². The van der Waals surface area contributed by atoms with Crippen LogP contribution in [0.25, 0.3) is 0 Å². The maximum Gasteiger partial charge on any atom is 0.327 e. The molecule has 0 aliphatic carbocycles. The lowest BCUT2D eigenvalue weighted by Gasteiger charge is -2.34. The minimum absolute atomic E-state index is 0.115. The van der Waals surface area contributed by atoms with E-state index in [9.17, 15) is 18.4 Å².